The Morgan fingerprint density at radius 1 is 1.12 bits per heavy atom. The minimum Gasteiger partial charge on any atom is -0.341 e. The van der Waals surface area contributed by atoms with E-state index in [1.807, 2.05) is 0 Å². The van der Waals surface area contributed by atoms with E-state index in [9.17, 15) is 36.7 Å². The number of aryl methyl sites for hydroxylation is 1. The topological polar surface area (TPSA) is 108 Å². The van der Waals surface area contributed by atoms with Gasteiger partial charge in [-0.25, -0.2) is 9.18 Å². The zero-order valence-corrected chi connectivity index (χ0v) is 22.5. The van der Waals surface area contributed by atoms with Crippen molar-refractivity contribution >= 4 is 23.8 Å². The normalized spacial score (nSPS) is 18.2. The molecule has 2 aliphatic heterocycles. The van der Waals surface area contributed by atoms with Crippen molar-refractivity contribution < 1.29 is 36.7 Å². The molecule has 40 heavy (non-hydrogen) atoms. The number of urea groups is 1. The smallest absolute Gasteiger partial charge is 0.341 e. The molecule has 3 heterocycles. The van der Waals surface area contributed by atoms with E-state index in [1.165, 1.54) is 16.8 Å². The van der Waals surface area contributed by atoms with Crippen LogP contribution in [0.15, 0.2) is 30.6 Å². The first-order valence-corrected chi connectivity index (χ1v) is 12.7. The molecule has 0 radical (unpaired) electrons. The third kappa shape index (κ3) is 5.26. The first-order chi connectivity index (χ1) is 18.7. The number of nitrogens with zero attached hydrogens (tertiary/aromatic N) is 5. The summed E-state index contributed by atoms with van der Waals surface area (Å²) in [5.74, 6) is -3.67. The summed E-state index contributed by atoms with van der Waals surface area (Å²) in [6.07, 6.45) is -1.14. The van der Waals surface area contributed by atoms with Crippen LogP contribution in [0, 0.1) is 11.7 Å². The van der Waals surface area contributed by atoms with E-state index in [1.54, 1.807) is 38.0 Å². The molecule has 216 valence electrons. The highest BCUT2D eigenvalue weighted by atomic mass is 19.4. The van der Waals surface area contributed by atoms with Crippen molar-refractivity contribution in [3.63, 3.8) is 0 Å². The Labute approximate surface area is 227 Å². The molecule has 0 aliphatic carbocycles. The molecule has 1 aromatic heterocycles. The van der Waals surface area contributed by atoms with Crippen LogP contribution >= 0.6 is 0 Å². The predicted octanol–water partition coefficient (Wildman–Crippen LogP) is 2.79. The number of imide groups is 1. The second-order valence-corrected chi connectivity index (χ2v) is 10.5. The van der Waals surface area contributed by atoms with E-state index in [-0.39, 0.29) is 38.4 Å². The van der Waals surface area contributed by atoms with Crippen LogP contribution in [-0.4, -0.2) is 80.0 Å². The van der Waals surface area contributed by atoms with Crippen molar-refractivity contribution in [2.45, 2.75) is 51.0 Å². The first-order valence-electron chi connectivity index (χ1n) is 12.7. The second kappa shape index (κ2) is 10.5. The summed E-state index contributed by atoms with van der Waals surface area (Å²) < 4.78 is 55.2. The fourth-order valence-corrected chi connectivity index (χ4v) is 5.22. The van der Waals surface area contributed by atoms with Gasteiger partial charge in [-0.3, -0.25) is 24.0 Å². The third-order valence-electron chi connectivity index (χ3n) is 7.50. The third-order valence-corrected chi connectivity index (χ3v) is 7.50. The van der Waals surface area contributed by atoms with Gasteiger partial charge < -0.3 is 15.1 Å². The molecule has 1 atom stereocenters. The Morgan fingerprint density at radius 3 is 2.33 bits per heavy atom. The molecular formula is C26H30F4N6O4. The standard InChI is InChI=1S/C26H30F4N6O4/c1-15(2)20(32-21(37)18-11-17(26(28,29)30)5-6-19(18)27)22(38)35-9-7-25(8-10-35)23(39)34(4)24(40)36(25)14-16-12-31-33(3)13-16/h5-6,11-13,15,20H,7-10,14H2,1-4H3,(H,32,37)/t20-/m1/s1. The van der Waals surface area contributed by atoms with Gasteiger partial charge in [-0.05, 0) is 37.0 Å². The summed E-state index contributed by atoms with van der Waals surface area (Å²) in [5, 5.41) is 6.50. The molecule has 2 aliphatic rings. The molecule has 0 bridgehead atoms. The lowest BCUT2D eigenvalue weighted by Gasteiger charge is -2.43. The van der Waals surface area contributed by atoms with Gasteiger partial charge in [0.25, 0.3) is 11.8 Å². The lowest BCUT2D eigenvalue weighted by molar-refractivity contribution is -0.142. The second-order valence-electron chi connectivity index (χ2n) is 10.5. The van der Waals surface area contributed by atoms with Gasteiger partial charge in [-0.1, -0.05) is 13.8 Å². The number of rotatable bonds is 6. The Bertz CT molecular complexity index is 1330. The van der Waals surface area contributed by atoms with Crippen LogP contribution in [0.1, 0.15) is 48.2 Å². The lowest BCUT2D eigenvalue weighted by atomic mass is 9.85. The zero-order valence-electron chi connectivity index (χ0n) is 22.5. The largest absolute Gasteiger partial charge is 0.416 e. The number of piperidine rings is 1. The van der Waals surface area contributed by atoms with E-state index >= 15 is 0 Å². The monoisotopic (exact) mass is 566 g/mol. The molecule has 0 unspecified atom stereocenters. The lowest BCUT2D eigenvalue weighted by Crippen LogP contribution is -2.60. The summed E-state index contributed by atoms with van der Waals surface area (Å²) in [7, 11) is 3.14. The molecule has 1 aromatic carbocycles. The number of carbonyl (C=O) groups excluding carboxylic acids is 4. The molecule has 14 heteroatoms. The Balaban J connectivity index is 1.50. The molecule has 10 nitrogen and oxygen atoms in total. The highest BCUT2D eigenvalue weighted by molar-refractivity contribution is 6.07. The fourth-order valence-electron chi connectivity index (χ4n) is 5.22. The number of hydrogen-bond acceptors (Lipinski definition) is 5. The first kappa shape index (κ1) is 29.0. The number of likely N-dealkylation sites (N-methyl/N-ethyl adjacent to an activating group) is 1. The number of hydrogen-bond donors (Lipinski definition) is 1. The Morgan fingerprint density at radius 2 is 1.77 bits per heavy atom. The van der Waals surface area contributed by atoms with Crippen molar-refractivity contribution in [3.05, 3.63) is 53.1 Å². The fraction of sp³-hybridized carbons (Fsp3) is 0.500. The van der Waals surface area contributed by atoms with Crippen LogP contribution in [0.2, 0.25) is 0 Å². The molecule has 5 amide bonds. The molecular weight excluding hydrogens is 536 g/mol. The SMILES string of the molecule is CC(C)[C@@H](NC(=O)c1cc(C(F)(F)F)ccc1F)C(=O)N1CCC2(CC1)C(=O)N(C)C(=O)N2Cc1cnn(C)c1. The minimum atomic E-state index is -4.78. The molecule has 2 saturated heterocycles. The average Bonchev–Trinajstić information content (AvgIpc) is 3.38. The number of likely N-dealkylation sites (tertiary alicyclic amines) is 1. The number of aromatic nitrogens is 2. The number of alkyl halides is 3. The number of amides is 5. The molecule has 4 rings (SSSR count). The van der Waals surface area contributed by atoms with E-state index in [2.05, 4.69) is 10.4 Å². The molecule has 1 spiro atoms. The van der Waals surface area contributed by atoms with Crippen LogP contribution in [0.4, 0.5) is 22.4 Å². The zero-order chi connectivity index (χ0) is 29.6. The van der Waals surface area contributed by atoms with Crippen molar-refractivity contribution in [1.82, 2.24) is 29.8 Å². The van der Waals surface area contributed by atoms with Gasteiger partial charge in [0.05, 0.1) is 23.9 Å². The molecule has 1 N–H and O–H groups in total. The minimum absolute atomic E-state index is 0.0895. The Hall–Kier alpha value is -3.97. The van der Waals surface area contributed by atoms with Crippen LogP contribution in [-0.2, 0) is 29.4 Å². The quantitative estimate of drug-likeness (QED) is 0.428. The van der Waals surface area contributed by atoms with Gasteiger partial charge in [0.1, 0.15) is 17.4 Å². The maximum Gasteiger partial charge on any atom is 0.416 e. The van der Waals surface area contributed by atoms with Crippen molar-refractivity contribution in [3.8, 4) is 0 Å². The van der Waals surface area contributed by atoms with Gasteiger partial charge in [0.2, 0.25) is 5.91 Å². The van der Waals surface area contributed by atoms with E-state index in [4.69, 9.17) is 0 Å². The van der Waals surface area contributed by atoms with Gasteiger partial charge in [0, 0.05) is 38.9 Å². The van der Waals surface area contributed by atoms with Gasteiger partial charge >= 0.3 is 12.2 Å². The maximum atomic E-state index is 14.3. The van der Waals surface area contributed by atoms with Crippen molar-refractivity contribution in [2.24, 2.45) is 13.0 Å². The van der Waals surface area contributed by atoms with Crippen molar-refractivity contribution in [1.29, 1.82) is 0 Å². The number of halogens is 4. The van der Waals surface area contributed by atoms with E-state index in [0.717, 1.165) is 10.5 Å². The molecule has 2 aromatic rings. The van der Waals surface area contributed by atoms with Crippen LogP contribution in [0.25, 0.3) is 0 Å². The summed E-state index contributed by atoms with van der Waals surface area (Å²) in [5.41, 5.74) is -2.43. The number of carbonyl (C=O) groups is 4. The average molecular weight is 567 g/mol. The van der Waals surface area contributed by atoms with Crippen LogP contribution in [0.5, 0.6) is 0 Å². The summed E-state index contributed by atoms with van der Waals surface area (Å²) in [6.45, 7) is 3.61. The van der Waals surface area contributed by atoms with Gasteiger partial charge in [-0.15, -0.1) is 0 Å². The summed E-state index contributed by atoms with van der Waals surface area (Å²) >= 11 is 0. The van der Waals surface area contributed by atoms with Crippen LogP contribution in [0.3, 0.4) is 0 Å². The Kier molecular flexibility index (Phi) is 7.65. The number of nitrogens with one attached hydrogen (secondary N) is 1. The van der Waals surface area contributed by atoms with Gasteiger partial charge in [-0.2, -0.15) is 18.3 Å². The van der Waals surface area contributed by atoms with E-state index in [0.29, 0.717) is 18.2 Å². The summed E-state index contributed by atoms with van der Waals surface area (Å²) in [6, 6.07) is -0.116. The molecule has 2 fully saturated rings. The van der Waals surface area contributed by atoms with Crippen molar-refractivity contribution in [2.75, 3.05) is 20.1 Å². The van der Waals surface area contributed by atoms with Crippen LogP contribution < -0.4 is 5.32 Å². The van der Waals surface area contributed by atoms with Gasteiger partial charge in [0.15, 0.2) is 0 Å². The van der Waals surface area contributed by atoms with E-state index < -0.39 is 58.5 Å². The highest BCUT2D eigenvalue weighted by Crippen LogP contribution is 2.38. The molecule has 0 saturated carbocycles. The summed E-state index contributed by atoms with van der Waals surface area (Å²) in [4.78, 5) is 56.4. The number of benzene rings is 1. The maximum absolute atomic E-state index is 14.3. The predicted molar refractivity (Wildman–Crippen MR) is 133 cm³/mol. The highest BCUT2D eigenvalue weighted by Gasteiger charge is 2.57.